The van der Waals surface area contributed by atoms with Crippen LogP contribution in [0, 0.1) is 49.4 Å². The third kappa shape index (κ3) is 1.80. The normalized spacial score (nSPS) is 38.3. The van der Waals surface area contributed by atoms with Gasteiger partial charge in [0.2, 0.25) is 11.8 Å². The van der Waals surface area contributed by atoms with Gasteiger partial charge in [-0.15, -0.1) is 0 Å². The second-order valence-electron chi connectivity index (χ2n) is 7.89. The molecule has 124 valence electrons. The Hall–Kier alpha value is -2.10. The van der Waals surface area contributed by atoms with Gasteiger partial charge in [0.05, 0.1) is 18.5 Å². The topological polar surface area (TPSA) is 49.4 Å². The van der Waals surface area contributed by atoms with Crippen LogP contribution in [0.25, 0.3) is 0 Å². The molecule has 4 nitrogen and oxygen atoms in total. The molecule has 1 aliphatic heterocycles. The number of nitrogens with zero attached hydrogens (tertiary/aromatic N) is 1. The maximum Gasteiger partial charge on any atom is 0.235 e. The van der Waals surface area contributed by atoms with Crippen LogP contribution in [0.3, 0.4) is 0 Å². The van der Waals surface area contributed by atoms with E-state index in [1.54, 1.807) is 0 Å². The SMILES string of the molecule is Cc1ccc(NCN2C(=O)[C@@H]3[C@H]4C=C[C@@H]([C@@H]5C[C@@H]45)[C@@H]3C2=O)cc1C. The number of rotatable bonds is 3. The van der Waals surface area contributed by atoms with E-state index in [0.29, 0.717) is 23.7 Å². The maximum atomic E-state index is 12.9. The van der Waals surface area contributed by atoms with Gasteiger partial charge in [0, 0.05) is 5.69 Å². The number of amides is 2. The summed E-state index contributed by atoms with van der Waals surface area (Å²) < 4.78 is 0. The van der Waals surface area contributed by atoms with Crippen LogP contribution in [0.4, 0.5) is 5.69 Å². The number of anilines is 1. The van der Waals surface area contributed by atoms with E-state index in [4.69, 9.17) is 0 Å². The number of hydrogen-bond acceptors (Lipinski definition) is 3. The number of benzene rings is 1. The zero-order chi connectivity index (χ0) is 16.6. The highest BCUT2D eigenvalue weighted by atomic mass is 16.2. The lowest BCUT2D eigenvalue weighted by atomic mass is 9.63. The third-order valence-corrected chi connectivity index (χ3v) is 6.70. The molecule has 1 aromatic carbocycles. The zero-order valence-electron chi connectivity index (χ0n) is 14.0. The van der Waals surface area contributed by atoms with E-state index in [0.717, 1.165) is 5.69 Å². The van der Waals surface area contributed by atoms with Gasteiger partial charge in [0.1, 0.15) is 0 Å². The monoisotopic (exact) mass is 322 g/mol. The minimum Gasteiger partial charge on any atom is -0.367 e. The Balaban J connectivity index is 1.36. The van der Waals surface area contributed by atoms with Gasteiger partial charge in [-0.3, -0.25) is 14.5 Å². The molecule has 1 saturated heterocycles. The maximum absolute atomic E-state index is 12.9. The number of likely N-dealkylation sites (tertiary alicyclic amines) is 1. The highest BCUT2D eigenvalue weighted by Gasteiger charge is 2.66. The van der Waals surface area contributed by atoms with Crippen LogP contribution in [0.1, 0.15) is 17.5 Å². The summed E-state index contributed by atoms with van der Waals surface area (Å²) in [5.74, 6) is 1.78. The molecular formula is C20H22N2O2. The van der Waals surface area contributed by atoms with Gasteiger partial charge in [0.25, 0.3) is 0 Å². The van der Waals surface area contributed by atoms with Gasteiger partial charge in [-0.25, -0.2) is 0 Å². The third-order valence-electron chi connectivity index (χ3n) is 6.70. The predicted octanol–water partition coefficient (Wildman–Crippen LogP) is 2.73. The molecule has 2 amide bonds. The summed E-state index contributed by atoms with van der Waals surface area (Å²) in [6.45, 7) is 4.42. The zero-order valence-corrected chi connectivity index (χ0v) is 14.0. The largest absolute Gasteiger partial charge is 0.367 e. The van der Waals surface area contributed by atoms with Crippen LogP contribution in [-0.4, -0.2) is 23.4 Å². The van der Waals surface area contributed by atoms with E-state index < -0.39 is 0 Å². The highest BCUT2D eigenvalue weighted by molar-refractivity contribution is 6.06. The quantitative estimate of drug-likeness (QED) is 0.688. The lowest BCUT2D eigenvalue weighted by Crippen LogP contribution is -2.40. The fourth-order valence-corrected chi connectivity index (χ4v) is 5.20. The molecular weight excluding hydrogens is 300 g/mol. The van der Waals surface area contributed by atoms with Crippen molar-refractivity contribution in [2.24, 2.45) is 35.5 Å². The van der Waals surface area contributed by atoms with Crippen LogP contribution in [0.5, 0.6) is 0 Å². The van der Waals surface area contributed by atoms with Gasteiger partial charge in [-0.1, -0.05) is 18.2 Å². The molecule has 3 fully saturated rings. The molecule has 5 aliphatic rings. The minimum absolute atomic E-state index is 0.0334. The lowest BCUT2D eigenvalue weighted by molar-refractivity contribution is -0.139. The predicted molar refractivity (Wildman–Crippen MR) is 91.0 cm³/mol. The van der Waals surface area contributed by atoms with Crippen molar-refractivity contribution in [1.82, 2.24) is 4.90 Å². The molecule has 0 spiro atoms. The van der Waals surface area contributed by atoms with E-state index in [9.17, 15) is 9.59 Å². The summed E-state index contributed by atoms with van der Waals surface area (Å²) in [7, 11) is 0. The molecule has 1 heterocycles. The van der Waals surface area contributed by atoms with E-state index >= 15 is 0 Å². The smallest absolute Gasteiger partial charge is 0.235 e. The van der Waals surface area contributed by atoms with E-state index in [-0.39, 0.29) is 30.3 Å². The van der Waals surface area contributed by atoms with Crippen molar-refractivity contribution in [2.75, 3.05) is 12.0 Å². The summed E-state index contributed by atoms with van der Waals surface area (Å²) in [4.78, 5) is 27.2. The molecule has 0 aromatic heterocycles. The Morgan fingerprint density at radius 2 is 1.62 bits per heavy atom. The van der Waals surface area contributed by atoms with Crippen molar-refractivity contribution in [3.05, 3.63) is 41.5 Å². The number of hydrogen-bond donors (Lipinski definition) is 1. The van der Waals surface area contributed by atoms with Crippen molar-refractivity contribution in [3.8, 4) is 0 Å². The van der Waals surface area contributed by atoms with Gasteiger partial charge in [-0.2, -0.15) is 0 Å². The number of imide groups is 1. The molecule has 2 bridgehead atoms. The summed E-state index contributed by atoms with van der Waals surface area (Å²) in [5.41, 5.74) is 3.40. The average Bonchev–Trinajstić information content (AvgIpc) is 3.35. The lowest BCUT2D eigenvalue weighted by Gasteiger charge is -2.37. The van der Waals surface area contributed by atoms with Crippen molar-refractivity contribution in [2.45, 2.75) is 20.3 Å². The molecule has 4 heteroatoms. The standard InChI is InChI=1S/C20H22N2O2/c1-10-3-4-12(7-11(10)2)21-9-22-19(23)17-13-5-6-14(16-8-15(13)16)18(17)20(22)24/h3-7,13-18,21H,8-9H2,1-2H3/t13-,14-,15-,16-,17-,18+/m0/s1. The molecule has 6 rings (SSSR count). The van der Waals surface area contributed by atoms with Gasteiger partial charge >= 0.3 is 0 Å². The van der Waals surface area contributed by atoms with Crippen LogP contribution in [0.15, 0.2) is 30.4 Å². The molecule has 4 aliphatic carbocycles. The first-order valence-electron chi connectivity index (χ1n) is 8.91. The van der Waals surface area contributed by atoms with Gasteiger partial charge in [-0.05, 0) is 67.2 Å². The molecule has 0 radical (unpaired) electrons. The molecule has 1 N–H and O–H groups in total. The van der Waals surface area contributed by atoms with Crippen molar-refractivity contribution >= 4 is 17.5 Å². The Labute approximate surface area is 141 Å². The van der Waals surface area contributed by atoms with Crippen molar-refractivity contribution in [1.29, 1.82) is 0 Å². The fraction of sp³-hybridized carbons (Fsp3) is 0.500. The first-order valence-corrected chi connectivity index (χ1v) is 8.91. The number of allylic oxidation sites excluding steroid dienone is 2. The Bertz CT molecular complexity index is 748. The second-order valence-corrected chi connectivity index (χ2v) is 7.89. The number of carbonyl (C=O) groups is 2. The van der Waals surface area contributed by atoms with Gasteiger partial charge in [0.15, 0.2) is 0 Å². The number of carbonyl (C=O) groups excluding carboxylic acids is 2. The molecule has 24 heavy (non-hydrogen) atoms. The Morgan fingerprint density at radius 3 is 2.21 bits per heavy atom. The summed E-state index contributed by atoms with van der Waals surface area (Å²) >= 11 is 0. The summed E-state index contributed by atoms with van der Waals surface area (Å²) in [6, 6.07) is 6.12. The van der Waals surface area contributed by atoms with Gasteiger partial charge < -0.3 is 5.32 Å². The molecule has 2 saturated carbocycles. The Morgan fingerprint density at radius 1 is 1.00 bits per heavy atom. The van der Waals surface area contributed by atoms with Crippen LogP contribution < -0.4 is 5.32 Å². The number of aryl methyl sites for hydroxylation is 2. The molecule has 0 unspecified atom stereocenters. The first kappa shape index (κ1) is 14.3. The van der Waals surface area contributed by atoms with Crippen molar-refractivity contribution < 1.29 is 9.59 Å². The van der Waals surface area contributed by atoms with Crippen LogP contribution in [-0.2, 0) is 9.59 Å². The van der Waals surface area contributed by atoms with E-state index in [2.05, 4.69) is 43.4 Å². The molecule has 1 aromatic rings. The fourth-order valence-electron chi connectivity index (χ4n) is 5.20. The molecule has 6 atom stereocenters. The highest BCUT2D eigenvalue weighted by Crippen LogP contribution is 2.65. The average molecular weight is 322 g/mol. The second kappa shape index (κ2) is 4.71. The van der Waals surface area contributed by atoms with Crippen LogP contribution in [0.2, 0.25) is 0 Å². The van der Waals surface area contributed by atoms with E-state index in [1.807, 2.05) is 6.07 Å². The summed E-state index contributed by atoms with van der Waals surface area (Å²) in [6.07, 6.45) is 5.63. The van der Waals surface area contributed by atoms with Crippen LogP contribution >= 0.6 is 0 Å². The van der Waals surface area contributed by atoms with Crippen molar-refractivity contribution in [3.63, 3.8) is 0 Å². The Kier molecular flexibility index (Phi) is 2.80. The number of nitrogens with one attached hydrogen (secondary N) is 1. The van der Waals surface area contributed by atoms with E-state index in [1.165, 1.54) is 22.4 Å². The summed E-state index contributed by atoms with van der Waals surface area (Å²) in [5, 5.41) is 3.26. The first-order chi connectivity index (χ1) is 11.6. The minimum atomic E-state index is -0.0993.